The number of fused-ring (bicyclic) bond motifs is 24. The van der Waals surface area contributed by atoms with E-state index in [1.54, 1.807) is 72.9 Å². The molecule has 0 atom stereocenters. The van der Waals surface area contributed by atoms with Crippen LogP contribution < -0.4 is 0 Å². The molecule has 85 heavy (non-hydrogen) atoms. The molecule has 0 aromatic carbocycles. The Morgan fingerprint density at radius 2 is 0.424 bits per heavy atom. The fraction of sp³-hybridized carbons (Fsp3) is 0. The summed E-state index contributed by atoms with van der Waals surface area (Å²) >= 11 is 0. The third-order valence-electron chi connectivity index (χ3n) is 13.2. The summed E-state index contributed by atoms with van der Waals surface area (Å²) in [7, 11) is -13.9. The van der Waals surface area contributed by atoms with E-state index in [1.165, 1.54) is 18.2 Å². The van der Waals surface area contributed by atoms with Gasteiger partial charge < -0.3 is 43.6 Å². The van der Waals surface area contributed by atoms with Crippen molar-refractivity contribution in [1.82, 2.24) is 59.8 Å². The number of nitrogens with one attached hydrogen (secondary N) is 6. The van der Waals surface area contributed by atoms with Gasteiger partial charge in [0.05, 0.1) is 99.6 Å². The summed E-state index contributed by atoms with van der Waals surface area (Å²) in [4.78, 5) is 44.7. The summed E-state index contributed by atoms with van der Waals surface area (Å²) in [6, 6.07) is 36.3. The van der Waals surface area contributed by atoms with Gasteiger partial charge in [-0.1, -0.05) is 0 Å². The Balaban J connectivity index is 0.000000124. The van der Waals surface area contributed by atoms with Crippen LogP contribution in [0.2, 0.25) is 0 Å². The second-order valence-corrected chi connectivity index (χ2v) is 23.5. The van der Waals surface area contributed by atoms with E-state index < -0.39 is 30.4 Å². The van der Waals surface area contributed by atoms with Crippen molar-refractivity contribution in [3.05, 3.63) is 196 Å². The van der Waals surface area contributed by atoms with Crippen molar-refractivity contribution in [2.24, 2.45) is 0 Å². The van der Waals surface area contributed by atoms with Crippen LogP contribution in [0.1, 0.15) is 68.3 Å². The van der Waals surface area contributed by atoms with Crippen LogP contribution in [0.5, 0.6) is 0 Å². The molecule has 0 amide bonds. The third kappa shape index (κ3) is 12.8. The Kier molecular flexibility index (Phi) is 14.4. The van der Waals surface area contributed by atoms with Crippen LogP contribution >= 0.6 is 0 Å². The number of nitrogens with zero attached hydrogens (tertiary/aromatic N) is 6. The van der Waals surface area contributed by atoms with Gasteiger partial charge in [-0.25, -0.2) is 55.2 Å². The molecule has 24 bridgehead atoms. The molecule has 1 radical (unpaired) electrons. The standard InChI is InChI=1S/3C20H14N4O3S.Cr/c3*25-28(26,27)20-11-18-9-16-4-3-14(22-16)7-12-1-2-13(21-12)8-15-5-6-17(23-15)10-19(20)24-18;/h3*1-11,22,24H,(H,25,26,27);/q;;;+3/p-3. The molecule has 0 fully saturated rings. The Bertz CT molecular complexity index is 4870. The van der Waals surface area contributed by atoms with Gasteiger partial charge in [0.1, 0.15) is 30.4 Å². The van der Waals surface area contributed by atoms with Crippen LogP contribution in [0.4, 0.5) is 0 Å². The van der Waals surface area contributed by atoms with Crippen LogP contribution in [-0.4, -0.2) is 98.7 Å². The van der Waals surface area contributed by atoms with E-state index in [-0.39, 0.29) is 48.6 Å². The predicted molar refractivity (Wildman–Crippen MR) is 320 cm³/mol. The normalized spacial score (nSPS) is 13.0. The molecule has 0 saturated heterocycles. The van der Waals surface area contributed by atoms with Gasteiger partial charge >= 0.3 is 17.4 Å². The van der Waals surface area contributed by atoms with E-state index in [9.17, 15) is 38.9 Å². The minimum absolute atomic E-state index is 0. The first-order valence-electron chi connectivity index (χ1n) is 25.4. The number of H-pyrrole nitrogens is 6. The maximum absolute atomic E-state index is 11.7. The molecule has 6 aliphatic heterocycles. The van der Waals surface area contributed by atoms with Crippen molar-refractivity contribution in [2.45, 2.75) is 14.7 Å². The molecule has 6 aliphatic rings. The van der Waals surface area contributed by atoms with Gasteiger partial charge in [-0.15, -0.1) is 0 Å². The Labute approximate surface area is 492 Å². The molecule has 9 aromatic heterocycles. The molecule has 0 aliphatic carbocycles. The van der Waals surface area contributed by atoms with Gasteiger partial charge in [0.15, 0.2) is 0 Å². The van der Waals surface area contributed by atoms with Crippen LogP contribution in [0, 0.1) is 0 Å². The molecule has 9 aromatic rings. The molecule has 0 spiro atoms. The van der Waals surface area contributed by atoms with Gasteiger partial charge in [0.2, 0.25) is 0 Å². The number of aromatic nitrogens is 12. The quantitative estimate of drug-likeness (QED) is 0.0896. The fourth-order valence-corrected chi connectivity index (χ4v) is 11.5. The zero-order valence-corrected chi connectivity index (χ0v) is 47.3. The number of hydrogen-bond donors (Lipinski definition) is 6. The van der Waals surface area contributed by atoms with Crippen molar-refractivity contribution in [1.29, 1.82) is 0 Å². The Morgan fingerprint density at radius 1 is 0.235 bits per heavy atom. The Hall–Kier alpha value is -9.94. The average molecular weight is 1220 g/mol. The SMILES string of the molecule is O=S(=O)([O-])c1cc2cc3ccc(cc4nc(cc5nc(cc1[nH]2)C=C5)C=C4)[nH]3.O=S(=O)([O-])c1cc2cc3ccc(cc4nc(cc5nc(cc1[nH]2)C=C5)C=C4)[nH]3.O=S(=O)([O-])c1cc2cc3ccc(cc4nc(cc5nc(cc1[nH]2)C=C5)C=C4)[nH]3.[Cr+3]. The zero-order chi connectivity index (χ0) is 57.9. The minimum atomic E-state index is -4.64. The van der Waals surface area contributed by atoms with Crippen molar-refractivity contribution >= 4 is 169 Å². The molecular formula is C60H39CrN12O9S3. The summed E-state index contributed by atoms with van der Waals surface area (Å²) in [6.45, 7) is 0. The first-order valence-corrected chi connectivity index (χ1v) is 29.6. The summed E-state index contributed by atoms with van der Waals surface area (Å²) in [5, 5.41) is 0. The topological polar surface area (TPSA) is 344 Å². The van der Waals surface area contributed by atoms with E-state index in [0.717, 1.165) is 67.3 Å². The number of rotatable bonds is 3. The van der Waals surface area contributed by atoms with Gasteiger partial charge in [-0.05, 0) is 200 Å². The molecule has 25 heteroatoms. The van der Waals surface area contributed by atoms with E-state index in [4.69, 9.17) is 0 Å². The van der Waals surface area contributed by atoms with Crippen molar-refractivity contribution < 1.29 is 56.3 Å². The summed E-state index contributed by atoms with van der Waals surface area (Å²) in [6.07, 6.45) is 22.1. The van der Waals surface area contributed by atoms with Crippen LogP contribution in [0.15, 0.2) is 142 Å². The summed E-state index contributed by atoms with van der Waals surface area (Å²) in [5.41, 5.74) is 15.3. The molecule has 0 saturated carbocycles. The number of hydrogen-bond acceptors (Lipinski definition) is 15. The van der Waals surface area contributed by atoms with Crippen molar-refractivity contribution in [3.63, 3.8) is 0 Å². The maximum Gasteiger partial charge on any atom is 3.00 e. The smallest absolute Gasteiger partial charge is 0.744 e. The molecule has 0 unspecified atom stereocenters. The van der Waals surface area contributed by atoms with Gasteiger partial charge in [0, 0.05) is 49.7 Å². The first-order chi connectivity index (χ1) is 40.3. The van der Waals surface area contributed by atoms with E-state index in [1.807, 2.05) is 109 Å². The molecule has 15 heterocycles. The van der Waals surface area contributed by atoms with Crippen LogP contribution in [0.25, 0.3) is 139 Å². The van der Waals surface area contributed by atoms with Crippen molar-refractivity contribution in [3.8, 4) is 0 Å². The first kappa shape index (κ1) is 55.6. The summed E-state index contributed by atoms with van der Waals surface area (Å²) < 4.78 is 105. The second kappa shape index (κ2) is 22.0. The molecule has 6 N–H and O–H groups in total. The molecule has 417 valence electrons. The van der Waals surface area contributed by atoms with Gasteiger partial charge in [-0.2, -0.15) is 0 Å². The molecule has 21 nitrogen and oxygen atoms in total. The van der Waals surface area contributed by atoms with Crippen LogP contribution in [-0.2, 0) is 47.7 Å². The minimum Gasteiger partial charge on any atom is -0.744 e. The van der Waals surface area contributed by atoms with Gasteiger partial charge in [-0.3, -0.25) is 0 Å². The Morgan fingerprint density at radius 3 is 0.635 bits per heavy atom. The third-order valence-corrected chi connectivity index (χ3v) is 15.8. The van der Waals surface area contributed by atoms with E-state index in [0.29, 0.717) is 50.7 Å². The summed E-state index contributed by atoms with van der Waals surface area (Å²) in [5.74, 6) is 0. The number of aromatic amines is 6. The largest absolute Gasteiger partial charge is 3.00 e. The fourth-order valence-electron chi connectivity index (χ4n) is 9.60. The second-order valence-electron chi connectivity index (χ2n) is 19.5. The zero-order valence-electron chi connectivity index (χ0n) is 43.5. The monoisotopic (exact) mass is 1220 g/mol. The van der Waals surface area contributed by atoms with E-state index in [2.05, 4.69) is 59.8 Å². The maximum atomic E-state index is 11.7. The predicted octanol–water partition coefficient (Wildman–Crippen LogP) is 10.7. The average Bonchev–Trinajstić information content (AvgIpc) is 2.71. The molecular weight excluding hydrogens is 1180 g/mol. The molecule has 15 rings (SSSR count). The van der Waals surface area contributed by atoms with Gasteiger partial charge in [0.25, 0.3) is 0 Å². The van der Waals surface area contributed by atoms with E-state index >= 15 is 0 Å². The van der Waals surface area contributed by atoms with Crippen molar-refractivity contribution in [2.75, 3.05) is 0 Å². The van der Waals surface area contributed by atoms with Crippen LogP contribution in [0.3, 0.4) is 0 Å².